The van der Waals surface area contributed by atoms with Crippen LogP contribution in [0.4, 0.5) is 0 Å². The summed E-state index contributed by atoms with van der Waals surface area (Å²) in [6.45, 7) is 3.59. The number of nitrogens with zero attached hydrogens (tertiary/aromatic N) is 1. The van der Waals surface area contributed by atoms with Crippen LogP contribution in [0, 0.1) is 0 Å². The number of hydrogen-bond acceptors (Lipinski definition) is 2. The molecule has 1 amide bonds. The molecule has 1 fully saturated rings. The fraction of sp³-hybridized carbons (Fsp3) is 0.545. The Morgan fingerprint density at radius 1 is 1.67 bits per heavy atom. The van der Waals surface area contributed by atoms with Crippen molar-refractivity contribution in [2.75, 3.05) is 13.1 Å². The first-order valence-electron chi connectivity index (χ1n) is 5.22. The highest BCUT2D eigenvalue weighted by molar-refractivity contribution is 7.14. The molecule has 1 unspecified atom stereocenters. The number of halogens is 1. The van der Waals surface area contributed by atoms with E-state index in [0.29, 0.717) is 6.54 Å². The molecule has 0 N–H and O–H groups in total. The Kier molecular flexibility index (Phi) is 3.32. The van der Waals surface area contributed by atoms with Crippen LogP contribution < -0.4 is 0 Å². The van der Waals surface area contributed by atoms with Crippen molar-refractivity contribution in [2.45, 2.75) is 25.1 Å². The van der Waals surface area contributed by atoms with Gasteiger partial charge in [-0.15, -0.1) is 22.9 Å². The number of carbonyl (C=O) groups excluding carboxylic acids is 1. The molecule has 1 saturated heterocycles. The average molecular weight is 244 g/mol. The van der Waals surface area contributed by atoms with E-state index >= 15 is 0 Å². The van der Waals surface area contributed by atoms with Gasteiger partial charge < -0.3 is 4.90 Å². The zero-order valence-electron chi connectivity index (χ0n) is 8.70. The molecule has 1 aromatic rings. The summed E-state index contributed by atoms with van der Waals surface area (Å²) in [5, 5.41) is 0.138. The predicted molar refractivity (Wildman–Crippen MR) is 63.9 cm³/mol. The van der Waals surface area contributed by atoms with Crippen LogP contribution in [0.1, 0.15) is 27.9 Å². The molecule has 0 aliphatic carbocycles. The van der Waals surface area contributed by atoms with Crippen LogP contribution >= 0.6 is 22.9 Å². The normalized spacial score (nSPS) is 20.9. The molecule has 1 aromatic heterocycles. The van der Waals surface area contributed by atoms with E-state index in [2.05, 4.69) is 6.92 Å². The lowest BCUT2D eigenvalue weighted by molar-refractivity contribution is 0.0798. The number of likely N-dealkylation sites (tertiary alicyclic amines) is 1. The van der Waals surface area contributed by atoms with Crippen molar-refractivity contribution >= 4 is 28.8 Å². The lowest BCUT2D eigenvalue weighted by atomic mass is 10.3. The minimum absolute atomic E-state index is 0.138. The summed E-state index contributed by atoms with van der Waals surface area (Å²) in [5.74, 6) is 0.142. The minimum Gasteiger partial charge on any atom is -0.336 e. The average Bonchev–Trinajstić information content (AvgIpc) is 2.84. The van der Waals surface area contributed by atoms with Gasteiger partial charge in [0.05, 0.1) is 10.3 Å². The third-order valence-electron chi connectivity index (χ3n) is 2.64. The van der Waals surface area contributed by atoms with Gasteiger partial charge in [-0.3, -0.25) is 4.79 Å². The summed E-state index contributed by atoms with van der Waals surface area (Å²) in [6, 6.07) is 3.96. The number of thiophene rings is 1. The van der Waals surface area contributed by atoms with Crippen molar-refractivity contribution in [3.63, 3.8) is 0 Å². The molecule has 0 radical (unpaired) electrons. The molecular weight excluding hydrogens is 230 g/mol. The largest absolute Gasteiger partial charge is 0.336 e. The van der Waals surface area contributed by atoms with Gasteiger partial charge in [0.1, 0.15) is 0 Å². The molecule has 4 heteroatoms. The van der Waals surface area contributed by atoms with E-state index in [4.69, 9.17) is 11.6 Å². The Bertz CT molecular complexity index is 363. The molecule has 0 saturated carbocycles. The molecule has 1 aliphatic rings. The van der Waals surface area contributed by atoms with E-state index in [1.165, 1.54) is 4.88 Å². The summed E-state index contributed by atoms with van der Waals surface area (Å²) in [4.78, 5) is 16.0. The predicted octanol–water partition coefficient (Wildman–Crippen LogP) is 2.76. The standard InChI is InChI=1S/C11H14ClNOS/c1-2-9-3-4-10(15-9)11(14)13-6-5-8(12)7-13/h3-4,8H,2,5-7H2,1H3. The number of rotatable bonds is 2. The number of carbonyl (C=O) groups is 1. The van der Waals surface area contributed by atoms with Crippen molar-refractivity contribution in [1.29, 1.82) is 0 Å². The highest BCUT2D eigenvalue weighted by atomic mass is 35.5. The maximum Gasteiger partial charge on any atom is 0.263 e. The van der Waals surface area contributed by atoms with Gasteiger partial charge in [-0.05, 0) is 25.0 Å². The third-order valence-corrected chi connectivity index (χ3v) is 4.21. The molecule has 2 heterocycles. The van der Waals surface area contributed by atoms with E-state index in [-0.39, 0.29) is 11.3 Å². The van der Waals surface area contributed by atoms with Crippen molar-refractivity contribution in [3.05, 3.63) is 21.9 Å². The van der Waals surface area contributed by atoms with Crippen LogP contribution in [-0.2, 0) is 6.42 Å². The highest BCUT2D eigenvalue weighted by Crippen LogP contribution is 2.22. The number of hydrogen-bond donors (Lipinski definition) is 0. The Balaban J connectivity index is 2.07. The van der Waals surface area contributed by atoms with Crippen molar-refractivity contribution in [3.8, 4) is 0 Å². The van der Waals surface area contributed by atoms with Crippen molar-refractivity contribution < 1.29 is 4.79 Å². The molecule has 82 valence electrons. The molecule has 15 heavy (non-hydrogen) atoms. The lowest BCUT2D eigenvalue weighted by Gasteiger charge is -2.13. The van der Waals surface area contributed by atoms with Crippen LogP contribution in [0.25, 0.3) is 0 Å². The molecule has 0 aromatic carbocycles. The van der Waals surface area contributed by atoms with Gasteiger partial charge in [0.2, 0.25) is 0 Å². The fourth-order valence-electron chi connectivity index (χ4n) is 1.74. The molecule has 0 spiro atoms. The van der Waals surface area contributed by atoms with E-state index in [1.807, 2.05) is 17.0 Å². The van der Waals surface area contributed by atoms with E-state index < -0.39 is 0 Å². The molecule has 1 atom stereocenters. The fourth-order valence-corrected chi connectivity index (χ4v) is 2.92. The van der Waals surface area contributed by atoms with E-state index in [1.54, 1.807) is 11.3 Å². The first-order valence-corrected chi connectivity index (χ1v) is 6.48. The molecule has 2 rings (SSSR count). The van der Waals surface area contributed by atoms with Crippen LogP contribution in [0.5, 0.6) is 0 Å². The minimum atomic E-state index is 0.138. The zero-order valence-corrected chi connectivity index (χ0v) is 10.3. The van der Waals surface area contributed by atoms with Crippen molar-refractivity contribution in [1.82, 2.24) is 4.90 Å². The SMILES string of the molecule is CCc1ccc(C(=O)N2CCC(Cl)C2)s1. The monoisotopic (exact) mass is 243 g/mol. The first kappa shape index (κ1) is 11.0. The van der Waals surface area contributed by atoms with Crippen LogP contribution in [0.15, 0.2) is 12.1 Å². The molecule has 2 nitrogen and oxygen atoms in total. The van der Waals surface area contributed by atoms with Gasteiger partial charge in [0, 0.05) is 18.0 Å². The van der Waals surface area contributed by atoms with Crippen LogP contribution in [-0.4, -0.2) is 29.3 Å². The summed E-state index contributed by atoms with van der Waals surface area (Å²) < 4.78 is 0. The second kappa shape index (κ2) is 4.54. The van der Waals surface area contributed by atoms with Crippen LogP contribution in [0.3, 0.4) is 0 Å². The van der Waals surface area contributed by atoms with Crippen LogP contribution in [0.2, 0.25) is 0 Å². The Hall–Kier alpha value is -0.540. The number of amides is 1. The number of aryl methyl sites for hydroxylation is 1. The van der Waals surface area contributed by atoms with Gasteiger partial charge in [0.25, 0.3) is 5.91 Å². The smallest absolute Gasteiger partial charge is 0.263 e. The van der Waals surface area contributed by atoms with E-state index in [0.717, 1.165) is 24.3 Å². The Morgan fingerprint density at radius 2 is 2.47 bits per heavy atom. The topological polar surface area (TPSA) is 20.3 Å². The lowest BCUT2D eigenvalue weighted by Crippen LogP contribution is -2.28. The third kappa shape index (κ3) is 2.34. The maximum atomic E-state index is 12.0. The van der Waals surface area contributed by atoms with E-state index in [9.17, 15) is 4.79 Å². The van der Waals surface area contributed by atoms with Gasteiger partial charge in [-0.25, -0.2) is 0 Å². The second-order valence-electron chi connectivity index (χ2n) is 3.76. The maximum absolute atomic E-state index is 12.0. The quantitative estimate of drug-likeness (QED) is 0.732. The van der Waals surface area contributed by atoms with Gasteiger partial charge in [0.15, 0.2) is 0 Å². The molecular formula is C11H14ClNOS. The Labute approximate surface area is 98.8 Å². The summed E-state index contributed by atoms with van der Waals surface area (Å²) >= 11 is 7.58. The summed E-state index contributed by atoms with van der Waals surface area (Å²) in [6.07, 6.45) is 1.91. The van der Waals surface area contributed by atoms with Gasteiger partial charge in [-0.1, -0.05) is 6.92 Å². The molecule has 1 aliphatic heterocycles. The Morgan fingerprint density at radius 3 is 3.00 bits per heavy atom. The summed E-state index contributed by atoms with van der Waals surface area (Å²) in [7, 11) is 0. The molecule has 0 bridgehead atoms. The number of alkyl halides is 1. The summed E-state index contributed by atoms with van der Waals surface area (Å²) in [5.41, 5.74) is 0. The second-order valence-corrected chi connectivity index (χ2v) is 5.54. The highest BCUT2D eigenvalue weighted by Gasteiger charge is 2.26. The van der Waals surface area contributed by atoms with Gasteiger partial charge >= 0.3 is 0 Å². The first-order chi connectivity index (χ1) is 7.20. The van der Waals surface area contributed by atoms with Crippen molar-refractivity contribution in [2.24, 2.45) is 0 Å². The van der Waals surface area contributed by atoms with Gasteiger partial charge in [-0.2, -0.15) is 0 Å². The zero-order chi connectivity index (χ0) is 10.8.